The summed E-state index contributed by atoms with van der Waals surface area (Å²) in [5, 5.41) is 0. The summed E-state index contributed by atoms with van der Waals surface area (Å²) < 4.78 is 17.8. The Labute approximate surface area is 102 Å². The molecule has 0 unspecified atom stereocenters. The second-order valence-electron chi connectivity index (χ2n) is 3.24. The Hall–Kier alpha value is -1.03. The lowest BCUT2D eigenvalue weighted by atomic mass is 10.1. The summed E-state index contributed by atoms with van der Waals surface area (Å²) in [6, 6.07) is 9.53. The zero-order valence-electron chi connectivity index (χ0n) is 9.28. The van der Waals surface area contributed by atoms with E-state index in [0.29, 0.717) is 6.42 Å². The van der Waals surface area contributed by atoms with Crippen molar-refractivity contribution in [3.8, 4) is 0 Å². The molecular weight excluding hydrogens is 227 g/mol. The Bertz CT molecular complexity index is 303. The lowest BCUT2D eigenvalue weighted by Gasteiger charge is -2.07. The van der Waals surface area contributed by atoms with Crippen molar-refractivity contribution in [3.05, 3.63) is 35.9 Å². The number of hydrogen-bond acceptors (Lipinski definition) is 2. The fourth-order valence-electron chi connectivity index (χ4n) is 1.29. The number of ether oxygens (including phenoxy) is 1. The Kier molecular flexibility index (Phi) is 7.64. The molecular formula is C12H17FO2S. The number of benzene rings is 1. The van der Waals surface area contributed by atoms with E-state index in [1.54, 1.807) is 6.92 Å². The fourth-order valence-corrected chi connectivity index (χ4v) is 1.29. The number of hydrogen-bond donors (Lipinski definition) is 0. The van der Waals surface area contributed by atoms with Crippen LogP contribution in [0.25, 0.3) is 0 Å². The van der Waals surface area contributed by atoms with Crippen LogP contribution in [-0.4, -0.2) is 18.7 Å². The van der Waals surface area contributed by atoms with Gasteiger partial charge in [0.15, 0.2) is 6.17 Å². The number of halogens is 1. The second kappa shape index (κ2) is 8.16. The van der Waals surface area contributed by atoms with Gasteiger partial charge in [-0.05, 0) is 25.3 Å². The van der Waals surface area contributed by atoms with E-state index in [2.05, 4.69) is 4.74 Å². The van der Waals surface area contributed by atoms with Gasteiger partial charge in [-0.1, -0.05) is 30.3 Å². The molecule has 0 heterocycles. The van der Waals surface area contributed by atoms with Crippen LogP contribution < -0.4 is 0 Å². The first-order valence-corrected chi connectivity index (χ1v) is 5.08. The molecule has 16 heavy (non-hydrogen) atoms. The van der Waals surface area contributed by atoms with Crippen molar-refractivity contribution in [2.75, 3.05) is 6.61 Å². The van der Waals surface area contributed by atoms with E-state index in [1.165, 1.54) is 0 Å². The second-order valence-corrected chi connectivity index (χ2v) is 3.24. The highest BCUT2D eigenvalue weighted by Gasteiger charge is 2.17. The predicted molar refractivity (Wildman–Crippen MR) is 66.7 cm³/mol. The zero-order chi connectivity index (χ0) is 11.1. The van der Waals surface area contributed by atoms with Gasteiger partial charge in [0.2, 0.25) is 0 Å². The number of carbonyl (C=O) groups excluding carboxylic acids is 1. The molecule has 0 aliphatic heterocycles. The highest BCUT2D eigenvalue weighted by atomic mass is 32.1. The summed E-state index contributed by atoms with van der Waals surface area (Å²) in [5.74, 6) is -0.756. The van der Waals surface area contributed by atoms with Crippen LogP contribution in [-0.2, 0) is 16.0 Å². The number of aryl methyl sites for hydroxylation is 1. The molecule has 90 valence electrons. The van der Waals surface area contributed by atoms with Gasteiger partial charge in [0, 0.05) is 0 Å². The quantitative estimate of drug-likeness (QED) is 0.744. The topological polar surface area (TPSA) is 26.3 Å². The van der Waals surface area contributed by atoms with Crippen molar-refractivity contribution in [1.29, 1.82) is 0 Å². The van der Waals surface area contributed by atoms with Gasteiger partial charge in [-0.25, -0.2) is 9.18 Å². The highest BCUT2D eigenvalue weighted by Crippen LogP contribution is 2.08. The van der Waals surface area contributed by atoms with Crippen LogP contribution in [0.5, 0.6) is 0 Å². The van der Waals surface area contributed by atoms with Crippen LogP contribution in [0, 0.1) is 0 Å². The maximum atomic E-state index is 13.2. The van der Waals surface area contributed by atoms with E-state index in [4.69, 9.17) is 0 Å². The molecule has 1 aromatic carbocycles. The maximum Gasteiger partial charge on any atom is 0.340 e. The van der Waals surface area contributed by atoms with Crippen molar-refractivity contribution >= 4 is 19.5 Å². The predicted octanol–water partition coefficient (Wildman–Crippen LogP) is 2.63. The van der Waals surface area contributed by atoms with Gasteiger partial charge >= 0.3 is 5.97 Å². The molecule has 0 saturated carbocycles. The van der Waals surface area contributed by atoms with E-state index in [0.717, 1.165) is 5.56 Å². The molecule has 0 N–H and O–H groups in total. The van der Waals surface area contributed by atoms with Crippen molar-refractivity contribution in [2.24, 2.45) is 0 Å². The monoisotopic (exact) mass is 244 g/mol. The third kappa shape index (κ3) is 5.16. The lowest BCUT2D eigenvalue weighted by Crippen LogP contribution is -2.19. The third-order valence-electron chi connectivity index (χ3n) is 2.07. The van der Waals surface area contributed by atoms with Crippen molar-refractivity contribution < 1.29 is 13.9 Å². The van der Waals surface area contributed by atoms with E-state index >= 15 is 0 Å². The van der Waals surface area contributed by atoms with Crippen LogP contribution in [0.4, 0.5) is 4.39 Å². The Morgan fingerprint density at radius 2 is 2.00 bits per heavy atom. The zero-order valence-corrected chi connectivity index (χ0v) is 10.3. The SMILES string of the molecule is CCOC(=O)[C@@H](F)CCc1ccccc1.S. The Balaban J connectivity index is 0.00000225. The first kappa shape index (κ1) is 15.0. The summed E-state index contributed by atoms with van der Waals surface area (Å²) in [4.78, 5) is 11.0. The summed E-state index contributed by atoms with van der Waals surface area (Å²) in [6.45, 7) is 1.90. The standard InChI is InChI=1S/C12H15FO2.H2S/c1-2-15-12(14)11(13)9-8-10-6-4-3-5-7-10;/h3-7,11H,2,8-9H2,1H3;1H2/t11-;/m0./s1. The van der Waals surface area contributed by atoms with E-state index in [1.807, 2.05) is 30.3 Å². The molecule has 0 spiro atoms. The van der Waals surface area contributed by atoms with Crippen LogP contribution >= 0.6 is 13.5 Å². The van der Waals surface area contributed by atoms with E-state index in [9.17, 15) is 9.18 Å². The van der Waals surface area contributed by atoms with Crippen LogP contribution in [0.2, 0.25) is 0 Å². The molecule has 0 aromatic heterocycles. The van der Waals surface area contributed by atoms with Gasteiger partial charge in [-0.15, -0.1) is 0 Å². The summed E-state index contributed by atoms with van der Waals surface area (Å²) in [5.41, 5.74) is 1.03. The van der Waals surface area contributed by atoms with E-state index in [-0.39, 0.29) is 26.5 Å². The molecule has 1 atom stereocenters. The van der Waals surface area contributed by atoms with Gasteiger partial charge in [0.1, 0.15) is 0 Å². The van der Waals surface area contributed by atoms with Crippen molar-refractivity contribution in [2.45, 2.75) is 25.9 Å². The van der Waals surface area contributed by atoms with Gasteiger partial charge in [0.05, 0.1) is 6.61 Å². The molecule has 0 amide bonds. The van der Waals surface area contributed by atoms with Gasteiger partial charge in [-0.3, -0.25) is 0 Å². The smallest absolute Gasteiger partial charge is 0.340 e. The molecule has 0 saturated heterocycles. The molecule has 0 aliphatic carbocycles. The molecule has 1 rings (SSSR count). The average molecular weight is 244 g/mol. The maximum absolute atomic E-state index is 13.2. The summed E-state index contributed by atoms with van der Waals surface area (Å²) in [7, 11) is 0. The minimum absolute atomic E-state index is 0. The van der Waals surface area contributed by atoms with Crippen LogP contribution in [0.1, 0.15) is 18.9 Å². The summed E-state index contributed by atoms with van der Waals surface area (Å²) in [6.07, 6.45) is -0.769. The Morgan fingerprint density at radius 3 is 2.56 bits per heavy atom. The molecule has 0 radical (unpaired) electrons. The largest absolute Gasteiger partial charge is 0.464 e. The molecule has 0 fully saturated rings. The van der Waals surface area contributed by atoms with E-state index < -0.39 is 12.1 Å². The van der Waals surface area contributed by atoms with Crippen molar-refractivity contribution in [3.63, 3.8) is 0 Å². The van der Waals surface area contributed by atoms with Crippen LogP contribution in [0.15, 0.2) is 30.3 Å². The van der Waals surface area contributed by atoms with Gasteiger partial charge in [0.25, 0.3) is 0 Å². The average Bonchev–Trinajstić information content (AvgIpc) is 2.27. The minimum Gasteiger partial charge on any atom is -0.464 e. The lowest BCUT2D eigenvalue weighted by molar-refractivity contribution is -0.149. The fraction of sp³-hybridized carbons (Fsp3) is 0.417. The first-order valence-electron chi connectivity index (χ1n) is 5.08. The third-order valence-corrected chi connectivity index (χ3v) is 2.07. The molecule has 0 bridgehead atoms. The van der Waals surface area contributed by atoms with Gasteiger partial charge in [-0.2, -0.15) is 13.5 Å². The normalized spacial score (nSPS) is 11.4. The minimum atomic E-state index is -1.51. The number of esters is 1. The van der Waals surface area contributed by atoms with Crippen LogP contribution in [0.3, 0.4) is 0 Å². The molecule has 0 aliphatic rings. The number of rotatable bonds is 5. The van der Waals surface area contributed by atoms with Crippen molar-refractivity contribution in [1.82, 2.24) is 0 Å². The number of carbonyl (C=O) groups is 1. The molecule has 2 nitrogen and oxygen atoms in total. The first-order chi connectivity index (χ1) is 7.24. The number of alkyl halides is 1. The van der Waals surface area contributed by atoms with Gasteiger partial charge < -0.3 is 4.74 Å². The Morgan fingerprint density at radius 1 is 1.38 bits per heavy atom. The summed E-state index contributed by atoms with van der Waals surface area (Å²) >= 11 is 0. The molecule has 1 aromatic rings. The molecule has 4 heteroatoms. The highest BCUT2D eigenvalue weighted by molar-refractivity contribution is 7.59.